The number of benzene rings is 1. The van der Waals surface area contributed by atoms with Gasteiger partial charge in [0.05, 0.1) is 4.88 Å². The Hall–Kier alpha value is -2.04. The van der Waals surface area contributed by atoms with E-state index in [-0.39, 0.29) is 5.78 Å². The molecule has 0 N–H and O–H groups in total. The fourth-order valence-corrected chi connectivity index (χ4v) is 4.39. The Morgan fingerprint density at radius 3 is 2.95 bits per heavy atom. The first-order chi connectivity index (χ1) is 9.83. The van der Waals surface area contributed by atoms with Crippen LogP contribution in [0.25, 0.3) is 20.2 Å². The predicted molar refractivity (Wildman–Crippen MR) is 84.9 cm³/mol. The third-order valence-electron chi connectivity index (χ3n) is 3.29. The minimum Gasteiger partial charge on any atom is -0.288 e. The van der Waals surface area contributed by atoms with Crippen LogP contribution in [0.15, 0.2) is 54.2 Å². The zero-order valence-corrected chi connectivity index (χ0v) is 12.0. The summed E-state index contributed by atoms with van der Waals surface area (Å²) in [5.74, 6) is 0.0928. The van der Waals surface area contributed by atoms with Crippen LogP contribution in [0.2, 0.25) is 0 Å². The molecule has 0 bridgehead atoms. The molecule has 3 aromatic heterocycles. The summed E-state index contributed by atoms with van der Waals surface area (Å²) in [6.07, 6.45) is 3.52. The minimum absolute atomic E-state index is 0.0928. The van der Waals surface area contributed by atoms with Crippen molar-refractivity contribution in [1.82, 2.24) is 4.98 Å². The van der Waals surface area contributed by atoms with E-state index >= 15 is 0 Å². The van der Waals surface area contributed by atoms with Crippen molar-refractivity contribution in [3.8, 4) is 0 Å². The van der Waals surface area contributed by atoms with Gasteiger partial charge in [0.2, 0.25) is 5.78 Å². The maximum Gasteiger partial charge on any atom is 0.203 e. The van der Waals surface area contributed by atoms with E-state index in [0.29, 0.717) is 0 Å². The summed E-state index contributed by atoms with van der Waals surface area (Å²) < 4.78 is 2.36. The molecule has 4 heteroatoms. The van der Waals surface area contributed by atoms with E-state index in [1.807, 2.05) is 30.3 Å². The van der Waals surface area contributed by atoms with Crippen LogP contribution in [0.3, 0.4) is 0 Å². The number of carbonyl (C=O) groups excluding carboxylic acids is 1. The maximum absolute atomic E-state index is 12.7. The summed E-state index contributed by atoms with van der Waals surface area (Å²) >= 11 is 3.23. The van der Waals surface area contributed by atoms with Crippen molar-refractivity contribution in [1.29, 1.82) is 0 Å². The Bertz CT molecular complexity index is 902. The lowest BCUT2D eigenvalue weighted by Crippen LogP contribution is -1.99. The second-order valence-corrected chi connectivity index (χ2v) is 6.52. The number of pyridine rings is 1. The molecule has 0 aliphatic carbocycles. The second kappa shape index (κ2) is 4.51. The van der Waals surface area contributed by atoms with E-state index in [1.54, 1.807) is 35.1 Å². The first-order valence-corrected chi connectivity index (χ1v) is 7.87. The van der Waals surface area contributed by atoms with Gasteiger partial charge in [-0.2, -0.15) is 0 Å². The standard InChI is InChI=1S/C16H9NOS2/c18-16(15-8-14-13(20-15)5-7-19-14)12-3-1-2-10-9-17-6-4-11(10)12/h1-9H. The van der Waals surface area contributed by atoms with Crippen LogP contribution < -0.4 is 0 Å². The molecular formula is C16H9NOS2. The van der Waals surface area contributed by atoms with Crippen molar-refractivity contribution >= 4 is 48.6 Å². The highest BCUT2D eigenvalue weighted by Gasteiger charge is 2.15. The average Bonchev–Trinajstić information content (AvgIpc) is 3.07. The molecule has 0 saturated carbocycles. The van der Waals surface area contributed by atoms with Crippen molar-refractivity contribution in [2.45, 2.75) is 0 Å². The maximum atomic E-state index is 12.7. The highest BCUT2D eigenvalue weighted by atomic mass is 32.1. The number of hydrogen-bond acceptors (Lipinski definition) is 4. The van der Waals surface area contributed by atoms with Gasteiger partial charge in [-0.15, -0.1) is 22.7 Å². The van der Waals surface area contributed by atoms with Crippen molar-refractivity contribution in [2.75, 3.05) is 0 Å². The van der Waals surface area contributed by atoms with Crippen molar-refractivity contribution in [3.05, 3.63) is 64.6 Å². The van der Waals surface area contributed by atoms with Gasteiger partial charge in [0, 0.05) is 32.7 Å². The van der Waals surface area contributed by atoms with Crippen LogP contribution >= 0.6 is 22.7 Å². The molecule has 0 amide bonds. The monoisotopic (exact) mass is 295 g/mol. The van der Waals surface area contributed by atoms with Gasteiger partial charge < -0.3 is 0 Å². The van der Waals surface area contributed by atoms with E-state index in [4.69, 9.17) is 0 Å². The molecule has 0 fully saturated rings. The minimum atomic E-state index is 0.0928. The highest BCUT2D eigenvalue weighted by Crippen LogP contribution is 2.32. The number of nitrogens with zero attached hydrogens (tertiary/aromatic N) is 1. The largest absolute Gasteiger partial charge is 0.288 e. The van der Waals surface area contributed by atoms with Gasteiger partial charge in [0.1, 0.15) is 0 Å². The molecule has 0 saturated heterocycles. The number of thiophene rings is 2. The van der Waals surface area contributed by atoms with Crippen LogP contribution in [0.5, 0.6) is 0 Å². The van der Waals surface area contributed by atoms with Gasteiger partial charge in [0.25, 0.3) is 0 Å². The molecule has 4 aromatic rings. The summed E-state index contributed by atoms with van der Waals surface area (Å²) in [7, 11) is 0. The number of fused-ring (bicyclic) bond motifs is 2. The number of carbonyl (C=O) groups is 1. The Balaban J connectivity index is 1.90. The van der Waals surface area contributed by atoms with Gasteiger partial charge in [-0.05, 0) is 29.0 Å². The van der Waals surface area contributed by atoms with Gasteiger partial charge in [-0.1, -0.05) is 18.2 Å². The lowest BCUT2D eigenvalue weighted by atomic mass is 10.0. The Morgan fingerprint density at radius 2 is 2.05 bits per heavy atom. The third kappa shape index (κ3) is 1.77. The van der Waals surface area contributed by atoms with E-state index in [2.05, 4.69) is 16.4 Å². The lowest BCUT2D eigenvalue weighted by molar-refractivity contribution is 0.104. The van der Waals surface area contributed by atoms with Crippen LogP contribution in [-0.4, -0.2) is 10.8 Å². The second-order valence-electron chi connectivity index (χ2n) is 4.49. The summed E-state index contributed by atoms with van der Waals surface area (Å²) in [5.41, 5.74) is 0.749. The molecule has 4 rings (SSSR count). The van der Waals surface area contributed by atoms with Gasteiger partial charge in [-0.3, -0.25) is 9.78 Å². The summed E-state index contributed by atoms with van der Waals surface area (Å²) in [4.78, 5) is 17.6. The summed E-state index contributed by atoms with van der Waals surface area (Å²) in [6.45, 7) is 0. The van der Waals surface area contributed by atoms with E-state index < -0.39 is 0 Å². The van der Waals surface area contributed by atoms with Gasteiger partial charge >= 0.3 is 0 Å². The first-order valence-electron chi connectivity index (χ1n) is 6.17. The summed E-state index contributed by atoms with van der Waals surface area (Å²) in [6, 6.07) is 11.7. The predicted octanol–water partition coefficient (Wildman–Crippen LogP) is 4.74. The number of rotatable bonds is 2. The molecule has 0 radical (unpaired) electrons. The quantitative estimate of drug-likeness (QED) is 0.500. The Kier molecular flexibility index (Phi) is 2.65. The Morgan fingerprint density at radius 1 is 1.10 bits per heavy atom. The zero-order chi connectivity index (χ0) is 13.5. The van der Waals surface area contributed by atoms with Crippen LogP contribution in [0, 0.1) is 0 Å². The van der Waals surface area contributed by atoms with Crippen LogP contribution in [-0.2, 0) is 0 Å². The van der Waals surface area contributed by atoms with Crippen molar-refractivity contribution in [3.63, 3.8) is 0 Å². The van der Waals surface area contributed by atoms with Crippen LogP contribution in [0.1, 0.15) is 15.2 Å². The van der Waals surface area contributed by atoms with Crippen molar-refractivity contribution in [2.24, 2.45) is 0 Å². The molecular weight excluding hydrogens is 286 g/mol. The molecule has 3 heterocycles. The molecule has 2 nitrogen and oxygen atoms in total. The molecule has 0 unspecified atom stereocenters. The van der Waals surface area contributed by atoms with Gasteiger partial charge in [0.15, 0.2) is 0 Å². The fourth-order valence-electron chi connectivity index (χ4n) is 2.33. The number of ketones is 1. The van der Waals surface area contributed by atoms with E-state index in [9.17, 15) is 4.79 Å². The zero-order valence-electron chi connectivity index (χ0n) is 10.4. The molecule has 0 atom stereocenters. The van der Waals surface area contributed by atoms with E-state index in [0.717, 1.165) is 21.2 Å². The Labute approximate surface area is 123 Å². The smallest absolute Gasteiger partial charge is 0.203 e. The SMILES string of the molecule is O=C(c1cc2sccc2s1)c1cccc2cnccc12. The third-order valence-corrected chi connectivity index (χ3v) is 5.38. The normalized spacial score (nSPS) is 11.2. The molecule has 20 heavy (non-hydrogen) atoms. The topological polar surface area (TPSA) is 30.0 Å². The van der Waals surface area contributed by atoms with E-state index in [1.165, 1.54) is 9.40 Å². The molecule has 0 aliphatic heterocycles. The summed E-state index contributed by atoms with van der Waals surface area (Å²) in [5, 5.41) is 4.01. The van der Waals surface area contributed by atoms with Crippen molar-refractivity contribution < 1.29 is 4.79 Å². The number of hydrogen-bond donors (Lipinski definition) is 0. The lowest BCUT2D eigenvalue weighted by Gasteiger charge is -2.03. The number of aromatic nitrogens is 1. The highest BCUT2D eigenvalue weighted by molar-refractivity contribution is 7.28. The molecule has 96 valence electrons. The first kappa shape index (κ1) is 11.8. The average molecular weight is 295 g/mol. The fraction of sp³-hybridized carbons (Fsp3) is 0. The molecule has 1 aromatic carbocycles. The van der Waals surface area contributed by atoms with Gasteiger partial charge in [-0.25, -0.2) is 0 Å². The molecule has 0 spiro atoms. The molecule has 0 aliphatic rings. The van der Waals surface area contributed by atoms with Crippen LogP contribution in [0.4, 0.5) is 0 Å².